The van der Waals surface area contributed by atoms with E-state index in [1.165, 1.54) is 6.42 Å². The molecule has 0 aliphatic carbocycles. The van der Waals surface area contributed by atoms with Crippen molar-refractivity contribution in [2.24, 2.45) is 41.2 Å². The van der Waals surface area contributed by atoms with Gasteiger partial charge < -0.3 is 5.73 Å². The quantitative estimate of drug-likeness (QED) is 0.694. The average Bonchev–Trinajstić information content (AvgIpc) is 2.22. The van der Waals surface area contributed by atoms with E-state index < -0.39 is 0 Å². The molecule has 1 nitrogen and oxygen atoms in total. The molecule has 5 atom stereocenters. The van der Waals surface area contributed by atoms with Crippen LogP contribution in [-0.2, 0) is 0 Å². The molecule has 0 rings (SSSR count). The second-order valence-corrected chi connectivity index (χ2v) is 6.75. The highest BCUT2D eigenvalue weighted by Gasteiger charge is 2.35. The molecule has 0 aromatic rings. The first kappa shape index (κ1) is 17.0. The third-order valence-corrected chi connectivity index (χ3v) is 4.78. The summed E-state index contributed by atoms with van der Waals surface area (Å²) < 4.78 is 0. The van der Waals surface area contributed by atoms with Crippen molar-refractivity contribution in [3.63, 3.8) is 0 Å². The third-order valence-electron chi connectivity index (χ3n) is 4.78. The fraction of sp³-hybridized carbons (Fsp3) is 1.00. The molecule has 0 heterocycles. The zero-order valence-electron chi connectivity index (χ0n) is 13.3. The summed E-state index contributed by atoms with van der Waals surface area (Å²) in [7, 11) is 0. The summed E-state index contributed by atoms with van der Waals surface area (Å²) in [5.74, 6) is 4.31. The second kappa shape index (κ2) is 7.41. The first-order valence-corrected chi connectivity index (χ1v) is 7.49. The molecule has 0 amide bonds. The Bertz CT molecular complexity index is 196. The van der Waals surface area contributed by atoms with Crippen molar-refractivity contribution in [3.8, 4) is 0 Å². The van der Waals surface area contributed by atoms with E-state index in [-0.39, 0.29) is 0 Å². The van der Waals surface area contributed by atoms with Crippen LogP contribution < -0.4 is 5.73 Å². The first-order valence-electron chi connectivity index (χ1n) is 7.49. The minimum Gasteiger partial charge on any atom is -0.328 e. The van der Waals surface area contributed by atoms with Gasteiger partial charge in [-0.1, -0.05) is 54.9 Å². The fourth-order valence-electron chi connectivity index (χ4n) is 3.38. The summed E-state index contributed by atoms with van der Waals surface area (Å²) in [5.41, 5.74) is 6.31. The smallest absolute Gasteiger partial charge is 0.00442 e. The van der Waals surface area contributed by atoms with E-state index >= 15 is 0 Å². The van der Waals surface area contributed by atoms with E-state index in [2.05, 4.69) is 55.4 Å². The summed E-state index contributed by atoms with van der Waals surface area (Å²) in [5, 5.41) is 0. The largest absolute Gasteiger partial charge is 0.328 e. The number of nitrogens with two attached hydrogens (primary N) is 1. The molecule has 0 saturated carbocycles. The molecule has 1 heteroatoms. The summed E-state index contributed by atoms with van der Waals surface area (Å²) >= 11 is 0. The summed E-state index contributed by atoms with van der Waals surface area (Å²) in [4.78, 5) is 0. The minimum absolute atomic E-state index is 0.300. The maximum Gasteiger partial charge on any atom is 0.00442 e. The fourth-order valence-corrected chi connectivity index (χ4v) is 3.38. The van der Waals surface area contributed by atoms with Gasteiger partial charge in [0, 0.05) is 6.04 Å². The summed E-state index contributed by atoms with van der Waals surface area (Å²) in [6.45, 7) is 18.7. The van der Waals surface area contributed by atoms with Gasteiger partial charge in [-0.25, -0.2) is 0 Å². The summed E-state index contributed by atoms with van der Waals surface area (Å²) in [6.07, 6.45) is 1.26. The van der Waals surface area contributed by atoms with Gasteiger partial charge in [0.05, 0.1) is 0 Å². The van der Waals surface area contributed by atoms with E-state index in [9.17, 15) is 0 Å². The van der Waals surface area contributed by atoms with Gasteiger partial charge in [-0.2, -0.15) is 0 Å². The predicted molar refractivity (Wildman–Crippen MR) is 78.9 cm³/mol. The van der Waals surface area contributed by atoms with Crippen LogP contribution in [0.5, 0.6) is 0 Å². The Hall–Kier alpha value is -0.0400. The molecule has 0 spiro atoms. The lowest BCUT2D eigenvalue weighted by atomic mass is 9.65. The highest BCUT2D eigenvalue weighted by molar-refractivity contribution is 4.86. The van der Waals surface area contributed by atoms with Gasteiger partial charge in [0.25, 0.3) is 0 Å². The van der Waals surface area contributed by atoms with Crippen LogP contribution in [0.4, 0.5) is 0 Å². The van der Waals surface area contributed by atoms with E-state index in [1.54, 1.807) is 0 Å². The van der Waals surface area contributed by atoms with Crippen LogP contribution >= 0.6 is 0 Å². The van der Waals surface area contributed by atoms with Gasteiger partial charge in [0.1, 0.15) is 0 Å². The molecule has 0 aromatic heterocycles. The maximum atomic E-state index is 6.31. The van der Waals surface area contributed by atoms with Gasteiger partial charge in [-0.3, -0.25) is 0 Å². The van der Waals surface area contributed by atoms with E-state index in [1.807, 2.05) is 0 Å². The van der Waals surface area contributed by atoms with E-state index in [0.717, 1.165) is 23.7 Å². The van der Waals surface area contributed by atoms with Gasteiger partial charge in [-0.05, 0) is 42.4 Å². The number of hydrogen-bond donors (Lipinski definition) is 1. The Morgan fingerprint density at radius 2 is 1.24 bits per heavy atom. The highest BCUT2D eigenvalue weighted by atomic mass is 14.7. The van der Waals surface area contributed by atoms with Crippen LogP contribution in [0.15, 0.2) is 0 Å². The van der Waals surface area contributed by atoms with Crippen LogP contribution in [-0.4, -0.2) is 6.04 Å². The SMILES string of the molecule is CCC(C)C(C(C)C)C(C(C)N)C(C)C(C)C. The van der Waals surface area contributed by atoms with Gasteiger partial charge in [0.2, 0.25) is 0 Å². The van der Waals surface area contributed by atoms with Crippen LogP contribution in [0.3, 0.4) is 0 Å². The van der Waals surface area contributed by atoms with Crippen molar-refractivity contribution in [3.05, 3.63) is 0 Å². The van der Waals surface area contributed by atoms with Crippen LogP contribution in [0.25, 0.3) is 0 Å². The zero-order chi connectivity index (χ0) is 13.7. The van der Waals surface area contributed by atoms with E-state index in [4.69, 9.17) is 5.73 Å². The lowest BCUT2D eigenvalue weighted by Gasteiger charge is -2.42. The van der Waals surface area contributed by atoms with Crippen LogP contribution in [0, 0.1) is 35.5 Å². The standard InChI is InChI=1S/C16H35N/c1-9-12(6)15(11(4)5)16(14(8)17)13(7)10(2)3/h10-16H,9,17H2,1-8H3. The zero-order valence-corrected chi connectivity index (χ0v) is 13.3. The Morgan fingerprint density at radius 3 is 1.47 bits per heavy atom. The molecule has 0 radical (unpaired) electrons. The Balaban J connectivity index is 5.10. The average molecular weight is 241 g/mol. The molecule has 0 aliphatic rings. The van der Waals surface area contributed by atoms with Crippen molar-refractivity contribution in [1.29, 1.82) is 0 Å². The molecule has 17 heavy (non-hydrogen) atoms. The molecule has 0 bridgehead atoms. The molecule has 0 saturated heterocycles. The van der Waals surface area contributed by atoms with E-state index in [0.29, 0.717) is 17.9 Å². The Labute approximate surface area is 110 Å². The molecule has 5 unspecified atom stereocenters. The molecule has 2 N–H and O–H groups in total. The van der Waals surface area contributed by atoms with Gasteiger partial charge in [-0.15, -0.1) is 0 Å². The topological polar surface area (TPSA) is 26.0 Å². The Morgan fingerprint density at radius 1 is 0.765 bits per heavy atom. The summed E-state index contributed by atoms with van der Waals surface area (Å²) in [6, 6.07) is 0.300. The van der Waals surface area contributed by atoms with Crippen molar-refractivity contribution in [1.82, 2.24) is 0 Å². The van der Waals surface area contributed by atoms with Crippen molar-refractivity contribution < 1.29 is 0 Å². The molecule has 0 aliphatic heterocycles. The normalized spacial score (nSPS) is 21.4. The van der Waals surface area contributed by atoms with Gasteiger partial charge >= 0.3 is 0 Å². The molecule has 104 valence electrons. The maximum absolute atomic E-state index is 6.31. The second-order valence-electron chi connectivity index (χ2n) is 6.75. The van der Waals surface area contributed by atoms with Crippen LogP contribution in [0.1, 0.15) is 61.8 Å². The third kappa shape index (κ3) is 4.62. The predicted octanol–water partition coefficient (Wildman–Crippen LogP) is 4.56. The van der Waals surface area contributed by atoms with Crippen molar-refractivity contribution >= 4 is 0 Å². The lowest BCUT2D eigenvalue weighted by Crippen LogP contribution is -2.43. The lowest BCUT2D eigenvalue weighted by molar-refractivity contribution is 0.0853. The molecular formula is C16H35N. The van der Waals surface area contributed by atoms with Crippen LogP contribution in [0.2, 0.25) is 0 Å². The highest BCUT2D eigenvalue weighted by Crippen LogP contribution is 2.39. The molecule has 0 aromatic carbocycles. The molecule has 0 fully saturated rings. The monoisotopic (exact) mass is 241 g/mol. The van der Waals surface area contributed by atoms with Crippen molar-refractivity contribution in [2.75, 3.05) is 0 Å². The minimum atomic E-state index is 0.300. The van der Waals surface area contributed by atoms with Gasteiger partial charge in [0.15, 0.2) is 0 Å². The molecular weight excluding hydrogens is 206 g/mol. The Kier molecular flexibility index (Phi) is 7.39. The number of rotatable bonds is 7. The number of hydrogen-bond acceptors (Lipinski definition) is 1. The first-order chi connectivity index (χ1) is 7.73. The van der Waals surface area contributed by atoms with Crippen molar-refractivity contribution in [2.45, 2.75) is 67.9 Å².